The molecule has 4 heteroatoms. The number of hydrogen-bond acceptors (Lipinski definition) is 3. The zero-order valence-electron chi connectivity index (χ0n) is 12.7. The van der Waals surface area contributed by atoms with Crippen LogP contribution in [0.4, 0.5) is 5.69 Å². The molecule has 0 fully saturated rings. The van der Waals surface area contributed by atoms with Crippen molar-refractivity contribution in [2.24, 2.45) is 5.41 Å². The zero-order valence-corrected chi connectivity index (χ0v) is 12.7. The Morgan fingerprint density at radius 3 is 2.64 bits per heavy atom. The number of fused-ring (bicyclic) bond motifs is 1. The molecule has 3 rings (SSSR count). The van der Waals surface area contributed by atoms with Crippen LogP contribution in [0.25, 0.3) is 0 Å². The van der Waals surface area contributed by atoms with Crippen molar-refractivity contribution < 1.29 is 14.6 Å². The minimum absolute atomic E-state index is 0.187. The van der Waals surface area contributed by atoms with E-state index < -0.39 is 11.5 Å². The van der Waals surface area contributed by atoms with Gasteiger partial charge >= 0.3 is 0 Å². The lowest BCUT2D eigenvalue weighted by Gasteiger charge is -2.35. The lowest BCUT2D eigenvalue weighted by Crippen LogP contribution is -2.40. The van der Waals surface area contributed by atoms with E-state index in [9.17, 15) is 9.90 Å². The predicted molar refractivity (Wildman–Crippen MR) is 84.6 cm³/mol. The number of nitrogens with one attached hydrogen (secondary N) is 1. The Balaban J connectivity index is 1.80. The molecule has 0 aromatic heterocycles. The smallest absolute Gasteiger partial charge is 0.233 e. The largest absolute Gasteiger partial charge is 0.489 e. The Morgan fingerprint density at radius 2 is 1.91 bits per heavy atom. The summed E-state index contributed by atoms with van der Waals surface area (Å²) in [5, 5.41) is 13.2. The summed E-state index contributed by atoms with van der Waals surface area (Å²) in [6, 6.07) is 15.3. The molecule has 0 radical (unpaired) electrons. The van der Waals surface area contributed by atoms with E-state index in [1.54, 1.807) is 19.9 Å². The maximum atomic E-state index is 12.1. The molecular weight excluding hydrogens is 278 g/mol. The summed E-state index contributed by atoms with van der Waals surface area (Å²) < 4.78 is 5.75. The number of aliphatic hydroxyl groups excluding tert-OH is 1. The van der Waals surface area contributed by atoms with Crippen molar-refractivity contribution in [1.29, 1.82) is 0 Å². The van der Waals surface area contributed by atoms with E-state index in [0.717, 1.165) is 11.1 Å². The van der Waals surface area contributed by atoms with Crippen LogP contribution < -0.4 is 10.1 Å². The zero-order chi connectivity index (χ0) is 15.7. The van der Waals surface area contributed by atoms with Gasteiger partial charge in [-0.25, -0.2) is 0 Å². The van der Waals surface area contributed by atoms with Gasteiger partial charge in [0.15, 0.2) is 0 Å². The van der Waals surface area contributed by atoms with Gasteiger partial charge in [-0.1, -0.05) is 36.4 Å². The second-order valence-corrected chi connectivity index (χ2v) is 6.10. The summed E-state index contributed by atoms with van der Waals surface area (Å²) in [6.45, 7) is 3.92. The molecule has 2 N–H and O–H groups in total. The van der Waals surface area contributed by atoms with Gasteiger partial charge in [-0.05, 0) is 25.5 Å². The van der Waals surface area contributed by atoms with Crippen molar-refractivity contribution in [3.63, 3.8) is 0 Å². The summed E-state index contributed by atoms with van der Waals surface area (Å²) in [5.41, 5.74) is 1.57. The molecule has 4 nitrogen and oxygen atoms in total. The van der Waals surface area contributed by atoms with Crippen LogP contribution in [0, 0.1) is 5.41 Å². The van der Waals surface area contributed by atoms with Crippen LogP contribution in [0.5, 0.6) is 5.75 Å². The highest BCUT2D eigenvalue weighted by Crippen LogP contribution is 2.43. The van der Waals surface area contributed by atoms with E-state index >= 15 is 0 Å². The molecule has 2 aromatic carbocycles. The van der Waals surface area contributed by atoms with Crippen molar-refractivity contribution in [2.75, 3.05) is 5.32 Å². The summed E-state index contributed by atoms with van der Waals surface area (Å²) in [6.07, 6.45) is -0.820. The Kier molecular flexibility index (Phi) is 3.62. The molecule has 1 atom stereocenters. The van der Waals surface area contributed by atoms with Gasteiger partial charge in [0.05, 0.1) is 17.2 Å². The van der Waals surface area contributed by atoms with Crippen LogP contribution in [0.3, 0.4) is 0 Å². The Morgan fingerprint density at radius 1 is 1.18 bits per heavy atom. The number of ether oxygens (including phenoxy) is 1. The van der Waals surface area contributed by atoms with Crippen molar-refractivity contribution >= 4 is 11.6 Å². The highest BCUT2D eigenvalue weighted by molar-refractivity contribution is 5.98. The molecule has 1 heterocycles. The van der Waals surface area contributed by atoms with E-state index in [1.807, 2.05) is 42.5 Å². The minimum Gasteiger partial charge on any atom is -0.489 e. The molecule has 1 aliphatic heterocycles. The van der Waals surface area contributed by atoms with Gasteiger partial charge in [-0.2, -0.15) is 0 Å². The average molecular weight is 297 g/mol. The van der Waals surface area contributed by atoms with Crippen molar-refractivity contribution in [3.8, 4) is 5.75 Å². The van der Waals surface area contributed by atoms with E-state index in [4.69, 9.17) is 4.74 Å². The van der Waals surface area contributed by atoms with Gasteiger partial charge < -0.3 is 15.2 Å². The Bertz CT molecular complexity index is 695. The molecule has 2 aromatic rings. The molecule has 0 unspecified atom stereocenters. The molecule has 0 spiro atoms. The fourth-order valence-electron chi connectivity index (χ4n) is 2.51. The van der Waals surface area contributed by atoms with Gasteiger partial charge in [-0.15, -0.1) is 0 Å². The van der Waals surface area contributed by atoms with Gasteiger partial charge in [-0.3, -0.25) is 4.79 Å². The van der Waals surface area contributed by atoms with E-state index in [2.05, 4.69) is 5.32 Å². The fourth-order valence-corrected chi connectivity index (χ4v) is 2.51. The van der Waals surface area contributed by atoms with Crippen molar-refractivity contribution in [3.05, 3.63) is 59.7 Å². The highest BCUT2D eigenvalue weighted by Gasteiger charge is 2.41. The van der Waals surface area contributed by atoms with Crippen molar-refractivity contribution in [2.45, 2.75) is 26.6 Å². The van der Waals surface area contributed by atoms with Gasteiger partial charge in [0.2, 0.25) is 5.91 Å². The maximum absolute atomic E-state index is 12.1. The molecule has 1 amide bonds. The lowest BCUT2D eigenvalue weighted by atomic mass is 9.78. The first-order valence-electron chi connectivity index (χ1n) is 7.28. The fraction of sp³-hybridized carbons (Fsp3) is 0.278. The monoisotopic (exact) mass is 297 g/mol. The summed E-state index contributed by atoms with van der Waals surface area (Å²) in [5.74, 6) is 0.475. The van der Waals surface area contributed by atoms with Crippen LogP contribution in [-0.2, 0) is 11.4 Å². The molecule has 114 valence electrons. The summed E-state index contributed by atoms with van der Waals surface area (Å²) >= 11 is 0. The number of carbonyl (C=O) groups excluding carboxylic acids is 1. The number of aliphatic hydroxyl groups is 1. The minimum atomic E-state index is -0.834. The lowest BCUT2D eigenvalue weighted by molar-refractivity contribution is -0.130. The van der Waals surface area contributed by atoms with Gasteiger partial charge in [0.25, 0.3) is 0 Å². The SMILES string of the molecule is CC1(C)C(=O)Nc2cc(OCc3ccccc3)ccc2[C@@H]1O. The average Bonchev–Trinajstić information content (AvgIpc) is 2.52. The second kappa shape index (κ2) is 5.46. The van der Waals surface area contributed by atoms with Crippen LogP contribution in [0.15, 0.2) is 48.5 Å². The number of benzene rings is 2. The van der Waals surface area contributed by atoms with Crippen LogP contribution >= 0.6 is 0 Å². The van der Waals surface area contributed by atoms with Crippen molar-refractivity contribution in [1.82, 2.24) is 0 Å². The summed E-state index contributed by atoms with van der Waals surface area (Å²) in [4.78, 5) is 12.1. The van der Waals surface area contributed by atoms with E-state index in [1.165, 1.54) is 0 Å². The molecule has 1 aliphatic rings. The first-order valence-corrected chi connectivity index (χ1v) is 7.28. The molecule has 0 saturated heterocycles. The molecule has 0 bridgehead atoms. The number of anilines is 1. The summed E-state index contributed by atoms with van der Waals surface area (Å²) in [7, 11) is 0. The maximum Gasteiger partial charge on any atom is 0.233 e. The predicted octanol–water partition coefficient (Wildman–Crippen LogP) is 3.28. The second-order valence-electron chi connectivity index (χ2n) is 6.10. The van der Waals surface area contributed by atoms with Gasteiger partial charge in [0.1, 0.15) is 12.4 Å². The first kappa shape index (κ1) is 14.6. The standard InChI is InChI=1S/C18H19NO3/c1-18(2)16(20)14-9-8-13(10-15(14)19-17(18)21)22-11-12-6-4-3-5-7-12/h3-10,16,20H,11H2,1-2H3,(H,19,21)/t16-/m0/s1. The van der Waals surface area contributed by atoms with Crippen LogP contribution in [0.2, 0.25) is 0 Å². The number of amides is 1. The Labute approximate surface area is 129 Å². The third kappa shape index (κ3) is 2.57. The van der Waals surface area contributed by atoms with E-state index in [-0.39, 0.29) is 5.91 Å². The van der Waals surface area contributed by atoms with E-state index in [0.29, 0.717) is 18.0 Å². The number of carbonyl (C=O) groups is 1. The first-order chi connectivity index (χ1) is 10.5. The quantitative estimate of drug-likeness (QED) is 0.914. The third-order valence-electron chi connectivity index (χ3n) is 4.08. The third-order valence-corrected chi connectivity index (χ3v) is 4.08. The normalized spacial score (nSPS) is 19.2. The topological polar surface area (TPSA) is 58.6 Å². The molecule has 0 saturated carbocycles. The van der Waals surface area contributed by atoms with Gasteiger partial charge in [0, 0.05) is 11.6 Å². The molecule has 22 heavy (non-hydrogen) atoms. The molecule has 0 aliphatic carbocycles. The van der Waals surface area contributed by atoms with Crippen LogP contribution in [0.1, 0.15) is 31.1 Å². The van der Waals surface area contributed by atoms with Crippen LogP contribution in [-0.4, -0.2) is 11.0 Å². The highest BCUT2D eigenvalue weighted by atomic mass is 16.5. The Hall–Kier alpha value is -2.33. The number of rotatable bonds is 3. The molecular formula is C18H19NO3. The number of hydrogen-bond donors (Lipinski definition) is 2.